The Balaban J connectivity index is 1.50. The third kappa shape index (κ3) is 3.25. The Morgan fingerprint density at radius 2 is 2.03 bits per heavy atom. The molecule has 0 aliphatic carbocycles. The van der Waals surface area contributed by atoms with Gasteiger partial charge in [0.15, 0.2) is 0 Å². The highest BCUT2D eigenvalue weighted by Gasteiger charge is 2.30. The minimum Gasteiger partial charge on any atom is -0.385 e. The lowest BCUT2D eigenvalue weighted by atomic mass is 9.92. The van der Waals surface area contributed by atoms with Crippen LogP contribution >= 0.6 is 0 Å². The molecule has 1 aliphatic heterocycles. The second kappa shape index (κ2) is 7.29. The summed E-state index contributed by atoms with van der Waals surface area (Å²) in [5.74, 6) is 2.33. The molecule has 8 nitrogen and oxygen atoms in total. The Bertz CT molecular complexity index is 1120. The van der Waals surface area contributed by atoms with Gasteiger partial charge in [0.2, 0.25) is 0 Å². The zero-order valence-corrected chi connectivity index (χ0v) is 16.3. The molecule has 1 saturated heterocycles. The van der Waals surface area contributed by atoms with E-state index in [1.54, 1.807) is 10.7 Å². The number of piperidine rings is 1. The van der Waals surface area contributed by atoms with E-state index in [1.807, 2.05) is 48.1 Å². The number of anilines is 1. The van der Waals surface area contributed by atoms with E-state index in [1.165, 1.54) is 6.33 Å². The highest BCUT2D eigenvalue weighted by atomic mass is 16.3. The maximum absolute atomic E-state index is 10.9. The normalized spacial score (nSPS) is 18.3. The minimum atomic E-state index is -0.598. The highest BCUT2D eigenvalue weighted by molar-refractivity contribution is 5.65. The zero-order valence-electron chi connectivity index (χ0n) is 16.3. The molecule has 2 unspecified atom stereocenters. The Kier molecular flexibility index (Phi) is 4.48. The van der Waals surface area contributed by atoms with Gasteiger partial charge in [0.25, 0.3) is 5.78 Å². The average Bonchev–Trinajstić information content (AvgIpc) is 3.42. The topological polar surface area (TPSA) is 84.4 Å². The number of rotatable bonds is 4. The van der Waals surface area contributed by atoms with Crippen molar-refractivity contribution in [3.05, 3.63) is 60.9 Å². The molecule has 8 heteroatoms. The number of benzene rings is 1. The fraction of sp³-hybridized carbons (Fsp3) is 0.333. The first-order valence-corrected chi connectivity index (χ1v) is 9.87. The third-order valence-corrected chi connectivity index (χ3v) is 5.65. The van der Waals surface area contributed by atoms with Crippen LogP contribution in [0, 0.1) is 5.92 Å². The largest absolute Gasteiger partial charge is 0.385 e. The summed E-state index contributed by atoms with van der Waals surface area (Å²) in [7, 11) is 1.92. The molecule has 1 N–H and O–H groups in total. The molecular weight excluding hydrogens is 366 g/mol. The summed E-state index contributed by atoms with van der Waals surface area (Å²) >= 11 is 0. The number of nitrogens with zero attached hydrogens (tertiary/aromatic N) is 7. The zero-order chi connectivity index (χ0) is 19.8. The van der Waals surface area contributed by atoms with Crippen molar-refractivity contribution in [3.8, 4) is 11.3 Å². The van der Waals surface area contributed by atoms with Gasteiger partial charge in [-0.15, -0.1) is 0 Å². The van der Waals surface area contributed by atoms with E-state index in [2.05, 4.69) is 31.0 Å². The van der Waals surface area contributed by atoms with Crippen LogP contribution in [0.5, 0.6) is 0 Å². The third-order valence-electron chi connectivity index (χ3n) is 5.65. The Hall–Kier alpha value is -3.26. The molecular formula is C21H23N7O. The molecule has 0 saturated carbocycles. The number of aliphatic hydroxyl groups excluding tert-OH is 1. The van der Waals surface area contributed by atoms with Crippen molar-refractivity contribution in [1.29, 1.82) is 0 Å². The molecule has 0 amide bonds. The van der Waals surface area contributed by atoms with Crippen LogP contribution in [0.1, 0.15) is 24.8 Å². The van der Waals surface area contributed by atoms with Crippen LogP contribution in [0.3, 0.4) is 0 Å². The second-order valence-corrected chi connectivity index (χ2v) is 7.53. The lowest BCUT2D eigenvalue weighted by Gasteiger charge is -2.36. The lowest BCUT2D eigenvalue weighted by Crippen LogP contribution is -2.39. The van der Waals surface area contributed by atoms with Crippen molar-refractivity contribution in [2.45, 2.75) is 18.9 Å². The average molecular weight is 389 g/mol. The number of fused-ring (bicyclic) bond motifs is 1. The quantitative estimate of drug-likeness (QED) is 0.577. The lowest BCUT2D eigenvalue weighted by molar-refractivity contribution is 0.0873. The number of hydrogen-bond acceptors (Lipinski definition) is 6. The van der Waals surface area contributed by atoms with E-state index in [4.69, 9.17) is 0 Å². The minimum absolute atomic E-state index is 0.0942. The van der Waals surface area contributed by atoms with E-state index >= 15 is 0 Å². The highest BCUT2D eigenvalue weighted by Crippen LogP contribution is 2.32. The Morgan fingerprint density at radius 3 is 2.83 bits per heavy atom. The molecule has 5 rings (SSSR count). The predicted molar refractivity (Wildman–Crippen MR) is 109 cm³/mol. The van der Waals surface area contributed by atoms with Crippen LogP contribution in [0.4, 0.5) is 5.82 Å². The van der Waals surface area contributed by atoms with E-state index in [-0.39, 0.29) is 5.92 Å². The van der Waals surface area contributed by atoms with Crippen molar-refractivity contribution in [2.75, 3.05) is 18.0 Å². The van der Waals surface area contributed by atoms with Crippen LogP contribution in [-0.2, 0) is 7.05 Å². The van der Waals surface area contributed by atoms with Gasteiger partial charge in [-0.3, -0.25) is 0 Å². The predicted octanol–water partition coefficient (Wildman–Crippen LogP) is 2.47. The smallest absolute Gasteiger partial charge is 0.254 e. The second-order valence-electron chi connectivity index (χ2n) is 7.53. The number of aromatic nitrogens is 6. The number of imidazole rings is 1. The van der Waals surface area contributed by atoms with Crippen molar-refractivity contribution < 1.29 is 5.11 Å². The van der Waals surface area contributed by atoms with Gasteiger partial charge in [-0.25, -0.2) is 9.97 Å². The first-order valence-electron chi connectivity index (χ1n) is 9.87. The molecule has 1 fully saturated rings. The summed E-state index contributed by atoms with van der Waals surface area (Å²) in [5, 5.41) is 15.3. The molecule has 4 heterocycles. The van der Waals surface area contributed by atoms with E-state index < -0.39 is 6.10 Å². The number of aryl methyl sites for hydroxylation is 1. The summed E-state index contributed by atoms with van der Waals surface area (Å²) in [5.41, 5.74) is 1.91. The molecule has 4 aromatic rings. The van der Waals surface area contributed by atoms with E-state index in [0.29, 0.717) is 11.6 Å². The monoisotopic (exact) mass is 389 g/mol. The molecule has 0 radical (unpaired) electrons. The van der Waals surface area contributed by atoms with Crippen molar-refractivity contribution in [2.24, 2.45) is 13.0 Å². The van der Waals surface area contributed by atoms with Gasteiger partial charge in [-0.2, -0.15) is 14.6 Å². The van der Waals surface area contributed by atoms with Crippen LogP contribution in [0.15, 0.2) is 55.1 Å². The molecule has 3 aromatic heterocycles. The molecule has 1 aliphatic rings. The Morgan fingerprint density at radius 1 is 1.17 bits per heavy atom. The molecule has 148 valence electrons. The van der Waals surface area contributed by atoms with Gasteiger partial charge in [0.05, 0.1) is 5.69 Å². The van der Waals surface area contributed by atoms with Gasteiger partial charge in [0.1, 0.15) is 24.1 Å². The fourth-order valence-electron chi connectivity index (χ4n) is 4.13. The molecule has 0 spiro atoms. The Labute approximate surface area is 168 Å². The van der Waals surface area contributed by atoms with Gasteiger partial charge in [-0.1, -0.05) is 30.3 Å². The van der Waals surface area contributed by atoms with Crippen molar-refractivity contribution in [3.63, 3.8) is 0 Å². The van der Waals surface area contributed by atoms with E-state index in [9.17, 15) is 5.11 Å². The molecule has 1 aromatic carbocycles. The van der Waals surface area contributed by atoms with Crippen LogP contribution in [-0.4, -0.2) is 47.3 Å². The number of aliphatic hydroxyl groups is 1. The van der Waals surface area contributed by atoms with Crippen molar-refractivity contribution >= 4 is 11.6 Å². The first kappa shape index (κ1) is 17.8. The van der Waals surface area contributed by atoms with Gasteiger partial charge >= 0.3 is 0 Å². The summed E-state index contributed by atoms with van der Waals surface area (Å²) < 4.78 is 3.67. The van der Waals surface area contributed by atoms with Crippen LogP contribution in [0.2, 0.25) is 0 Å². The summed E-state index contributed by atoms with van der Waals surface area (Å²) in [6.07, 6.45) is 6.48. The van der Waals surface area contributed by atoms with Crippen LogP contribution < -0.4 is 4.90 Å². The van der Waals surface area contributed by atoms with E-state index in [0.717, 1.165) is 43.0 Å². The molecule has 29 heavy (non-hydrogen) atoms. The van der Waals surface area contributed by atoms with Gasteiger partial charge < -0.3 is 14.6 Å². The maximum Gasteiger partial charge on any atom is 0.254 e. The fourth-order valence-corrected chi connectivity index (χ4v) is 4.13. The van der Waals surface area contributed by atoms with Gasteiger partial charge in [-0.05, 0) is 12.8 Å². The summed E-state index contributed by atoms with van der Waals surface area (Å²) in [6, 6.07) is 12.2. The molecule has 2 atom stereocenters. The molecule has 0 bridgehead atoms. The summed E-state index contributed by atoms with van der Waals surface area (Å²) in [6.45, 7) is 1.62. The summed E-state index contributed by atoms with van der Waals surface area (Å²) in [4.78, 5) is 15.6. The van der Waals surface area contributed by atoms with Crippen LogP contribution in [0.25, 0.3) is 17.0 Å². The number of hydrogen-bond donors (Lipinski definition) is 1. The van der Waals surface area contributed by atoms with Gasteiger partial charge in [0, 0.05) is 50.1 Å². The maximum atomic E-state index is 10.9. The van der Waals surface area contributed by atoms with Crippen molar-refractivity contribution in [1.82, 2.24) is 29.1 Å². The first-order chi connectivity index (χ1) is 14.2. The standard InChI is InChI=1S/C21H23N7O/c1-26-11-9-22-20(26)19(29)16-8-5-10-27(13-16)18-12-17(15-6-3-2-4-7-15)25-21-23-14-24-28(18)21/h2-4,6-7,9,11-12,14,16,19,29H,5,8,10,13H2,1H3. The SMILES string of the molecule is Cn1ccnc1C(O)C1CCCN(c2cc(-c3ccccc3)nc3ncnn23)C1.